The van der Waals surface area contributed by atoms with Gasteiger partial charge in [0.05, 0.1) is 6.04 Å². The molecule has 1 aliphatic heterocycles. The van der Waals surface area contributed by atoms with Crippen LogP contribution in [0.2, 0.25) is 6.32 Å². The molecule has 11 N–H and O–H groups in total. The van der Waals surface area contributed by atoms with E-state index in [1.165, 1.54) is 4.90 Å². The van der Waals surface area contributed by atoms with Crippen LogP contribution in [0.15, 0.2) is 4.99 Å². The minimum atomic E-state index is -1.59. The van der Waals surface area contributed by atoms with Crippen LogP contribution in [0, 0.1) is 5.92 Å². The molecule has 0 aromatic heterocycles. The van der Waals surface area contributed by atoms with E-state index in [4.69, 9.17) is 33.0 Å². The summed E-state index contributed by atoms with van der Waals surface area (Å²) in [4.78, 5) is 29.3. The van der Waals surface area contributed by atoms with E-state index in [2.05, 4.69) is 4.99 Å². The van der Waals surface area contributed by atoms with Crippen LogP contribution in [-0.2, 0) is 9.59 Å². The second kappa shape index (κ2) is 14.9. The summed E-state index contributed by atoms with van der Waals surface area (Å²) in [6.45, 7) is 0.483. The highest BCUT2D eigenvalue weighted by molar-refractivity contribution is 6.40. The van der Waals surface area contributed by atoms with Crippen molar-refractivity contribution in [3.05, 3.63) is 0 Å². The maximum Gasteiger partial charge on any atom is 0.451 e. The number of nitrogens with two attached hydrogens (primary N) is 4. The number of halogens is 3. The van der Waals surface area contributed by atoms with E-state index in [0.29, 0.717) is 25.8 Å². The molecule has 0 aromatic rings. The molecule has 3 atom stereocenters. The van der Waals surface area contributed by atoms with Gasteiger partial charge < -0.3 is 43.0 Å². The third-order valence-electron chi connectivity index (χ3n) is 4.46. The lowest BCUT2D eigenvalue weighted by Crippen LogP contribution is -2.64. The molecule has 1 fully saturated rings. The van der Waals surface area contributed by atoms with Crippen LogP contribution in [0.5, 0.6) is 0 Å². The Kier molecular flexibility index (Phi) is 16.8. The summed E-state index contributed by atoms with van der Waals surface area (Å²) in [6.07, 6.45) is 1.42. The molecule has 0 aromatic carbocycles. The number of nitrogens with zero attached hydrogens (tertiary/aromatic N) is 2. The third-order valence-corrected chi connectivity index (χ3v) is 4.46. The molecule has 1 saturated heterocycles. The van der Waals surface area contributed by atoms with Crippen LogP contribution < -0.4 is 22.9 Å². The second-order valence-corrected chi connectivity index (χ2v) is 6.86. The number of rotatable bonds is 9. The molecule has 1 unspecified atom stereocenters. The first-order valence-corrected chi connectivity index (χ1v) is 8.53. The third kappa shape index (κ3) is 11.1. The number of amides is 1. The van der Waals surface area contributed by atoms with E-state index in [1.807, 2.05) is 0 Å². The average molecular weight is 482 g/mol. The fourth-order valence-electron chi connectivity index (χ4n) is 3.14. The van der Waals surface area contributed by atoms with Gasteiger partial charge in [-0.05, 0) is 31.5 Å². The molecule has 0 bridgehead atoms. The van der Waals surface area contributed by atoms with Crippen molar-refractivity contribution in [3.8, 4) is 0 Å². The van der Waals surface area contributed by atoms with Gasteiger partial charge in [0.2, 0.25) is 5.91 Å². The first kappa shape index (κ1) is 32.6. The van der Waals surface area contributed by atoms with Gasteiger partial charge in [-0.15, -0.1) is 37.2 Å². The molecule has 1 aliphatic rings. The summed E-state index contributed by atoms with van der Waals surface area (Å²) in [5.41, 5.74) is 20.8. The van der Waals surface area contributed by atoms with Gasteiger partial charge in [-0.3, -0.25) is 14.6 Å². The molecular weight excluding hydrogens is 449 g/mol. The van der Waals surface area contributed by atoms with Crippen molar-refractivity contribution in [1.29, 1.82) is 0 Å². The van der Waals surface area contributed by atoms with E-state index in [-0.39, 0.29) is 80.8 Å². The van der Waals surface area contributed by atoms with Gasteiger partial charge in [0.15, 0.2) is 5.96 Å². The molecule has 15 heteroatoms. The first-order chi connectivity index (χ1) is 12.0. The van der Waals surface area contributed by atoms with Crippen molar-refractivity contribution < 1.29 is 24.7 Å². The summed E-state index contributed by atoms with van der Waals surface area (Å²) in [7, 11) is -1.49. The van der Waals surface area contributed by atoms with Gasteiger partial charge >= 0.3 is 13.1 Å². The summed E-state index contributed by atoms with van der Waals surface area (Å²) in [5.74, 6) is -1.89. The van der Waals surface area contributed by atoms with Crippen LogP contribution in [0.3, 0.4) is 0 Å². The second-order valence-electron chi connectivity index (χ2n) is 6.86. The molecule has 1 heterocycles. The number of aliphatic imine (C=N–C) groups is 1. The number of hydrogen-bond acceptors (Lipinski definition) is 7. The Balaban J connectivity index is -0.00000225. The molecule has 11 nitrogen and oxygen atoms in total. The number of carbonyl (C=O) groups is 2. The minimum Gasteiger partial charge on any atom is -0.480 e. The summed E-state index contributed by atoms with van der Waals surface area (Å²) < 4.78 is 0. The van der Waals surface area contributed by atoms with Gasteiger partial charge in [0.1, 0.15) is 5.54 Å². The van der Waals surface area contributed by atoms with Gasteiger partial charge in [0, 0.05) is 19.6 Å². The number of aliphatic carboxylic acids is 1. The zero-order valence-corrected chi connectivity index (χ0v) is 18.4. The predicted octanol–water partition coefficient (Wildman–Crippen LogP) is -1.87. The van der Waals surface area contributed by atoms with E-state index in [1.54, 1.807) is 0 Å². The summed E-state index contributed by atoms with van der Waals surface area (Å²) in [6, 6.07) is -0.815. The van der Waals surface area contributed by atoms with Gasteiger partial charge in [-0.2, -0.15) is 0 Å². The van der Waals surface area contributed by atoms with Gasteiger partial charge in [-0.1, -0.05) is 6.42 Å². The van der Waals surface area contributed by atoms with Crippen molar-refractivity contribution in [2.75, 3.05) is 19.6 Å². The van der Waals surface area contributed by atoms with Crippen molar-refractivity contribution in [2.24, 2.45) is 33.8 Å². The Morgan fingerprint density at radius 3 is 2.31 bits per heavy atom. The Hall–Kier alpha value is -1.02. The maximum atomic E-state index is 12.6. The van der Waals surface area contributed by atoms with Crippen molar-refractivity contribution in [1.82, 2.24) is 4.90 Å². The number of carbonyl (C=O) groups excluding carboxylic acids is 1. The largest absolute Gasteiger partial charge is 0.480 e. The van der Waals surface area contributed by atoms with E-state index in [0.717, 1.165) is 0 Å². The normalized spacial score (nSPS) is 21.5. The molecule has 1 rings (SSSR count). The minimum absolute atomic E-state index is 0. The Labute approximate surface area is 189 Å². The van der Waals surface area contributed by atoms with Gasteiger partial charge in [-0.25, -0.2) is 0 Å². The monoisotopic (exact) mass is 480 g/mol. The number of carboxylic acids is 1. The van der Waals surface area contributed by atoms with E-state index >= 15 is 0 Å². The van der Waals surface area contributed by atoms with Crippen LogP contribution in [-0.4, -0.2) is 76.2 Å². The van der Waals surface area contributed by atoms with Crippen LogP contribution in [0.4, 0.5) is 0 Å². The zero-order chi connectivity index (χ0) is 19.9. The highest BCUT2D eigenvalue weighted by Gasteiger charge is 2.44. The number of piperidine rings is 1. The van der Waals surface area contributed by atoms with Crippen LogP contribution in [0.25, 0.3) is 0 Å². The molecule has 172 valence electrons. The van der Waals surface area contributed by atoms with Gasteiger partial charge in [0.25, 0.3) is 0 Å². The standard InChI is InChI=1S/C14H29BN6O5.3ClH/c16-10(2-1-5-20-13(17)18)11(22)21-7-9(3-4-15(25)26)6-14(19,8-21)12(23)24;;;/h9-10,25-26H,1-8,16,19H2,(H,23,24)(H4,17,18,20);3*1H/t9-,10?,14+;;;/m0.../s1. The summed E-state index contributed by atoms with van der Waals surface area (Å²) in [5, 5.41) is 27.5. The Morgan fingerprint density at radius 1 is 1.24 bits per heavy atom. The molecule has 29 heavy (non-hydrogen) atoms. The number of hydrogen-bond donors (Lipinski definition) is 7. The fourth-order valence-corrected chi connectivity index (χ4v) is 3.14. The fraction of sp³-hybridized carbons (Fsp3) is 0.786. The molecule has 0 saturated carbocycles. The Morgan fingerprint density at radius 2 is 1.83 bits per heavy atom. The van der Waals surface area contributed by atoms with Crippen molar-refractivity contribution >= 4 is 62.2 Å². The van der Waals surface area contributed by atoms with E-state index < -0.39 is 24.7 Å². The van der Waals surface area contributed by atoms with E-state index in [9.17, 15) is 14.7 Å². The Bertz CT molecular complexity index is 544. The smallest absolute Gasteiger partial charge is 0.451 e. The lowest BCUT2D eigenvalue weighted by molar-refractivity contribution is -0.149. The topological polar surface area (TPSA) is 215 Å². The lowest BCUT2D eigenvalue weighted by atomic mass is 9.75. The predicted molar refractivity (Wildman–Crippen MR) is 118 cm³/mol. The maximum absolute atomic E-state index is 12.6. The quantitative estimate of drug-likeness (QED) is 0.0848. The van der Waals surface area contributed by atoms with Crippen molar-refractivity contribution in [3.63, 3.8) is 0 Å². The molecule has 0 radical (unpaired) electrons. The molecule has 1 amide bonds. The number of likely N-dealkylation sites (tertiary alicyclic amines) is 1. The van der Waals surface area contributed by atoms with Crippen LogP contribution in [0.1, 0.15) is 25.7 Å². The zero-order valence-electron chi connectivity index (χ0n) is 16.0. The summed E-state index contributed by atoms with van der Waals surface area (Å²) >= 11 is 0. The molecule has 0 spiro atoms. The number of guanidine groups is 1. The average Bonchev–Trinajstić information content (AvgIpc) is 2.55. The molecular formula is C14H32BCl3N6O5. The SMILES string of the molecule is Cl.Cl.Cl.NC(N)=NCCCC(N)C(=O)N1C[C@@H](CCB(O)O)C[C@](N)(C(=O)O)C1. The first-order valence-electron chi connectivity index (χ1n) is 8.53. The highest BCUT2D eigenvalue weighted by atomic mass is 35.5. The lowest BCUT2D eigenvalue weighted by Gasteiger charge is -2.42. The highest BCUT2D eigenvalue weighted by Crippen LogP contribution is 2.28. The number of carboxylic acid groups (broad SMARTS) is 1. The molecule has 0 aliphatic carbocycles. The van der Waals surface area contributed by atoms with Crippen LogP contribution >= 0.6 is 37.2 Å². The van der Waals surface area contributed by atoms with Crippen molar-refractivity contribution in [2.45, 2.75) is 43.6 Å².